The molecule has 34 heavy (non-hydrogen) atoms. The van der Waals surface area contributed by atoms with Gasteiger partial charge >= 0.3 is 0 Å². The van der Waals surface area contributed by atoms with Crippen molar-refractivity contribution in [2.24, 2.45) is 0 Å². The number of fused-ring (bicyclic) bond motifs is 2. The Morgan fingerprint density at radius 2 is 1.97 bits per heavy atom. The number of nitrogens with zero attached hydrogens (tertiary/aromatic N) is 1. The standard InChI is InChI=1S/C25H21FN4O4/c26-18-12-15(5-6-21(18)34-20-8-10-28-25-17(20)7-9-27-25)29-22(32)13-23(33)30-24-16-4-2-1-3-14(16)11-19(24)31/h1-10,12,19,24,31H,11,13H2,(H,27,28)(H,29,32)(H,30,33). The van der Waals surface area contributed by atoms with Gasteiger partial charge in [-0.25, -0.2) is 9.37 Å². The number of aromatic nitrogens is 2. The van der Waals surface area contributed by atoms with E-state index in [1.807, 2.05) is 24.3 Å². The first kappa shape index (κ1) is 21.6. The Hall–Kier alpha value is -4.24. The Morgan fingerprint density at radius 1 is 1.12 bits per heavy atom. The van der Waals surface area contributed by atoms with E-state index in [1.165, 1.54) is 12.1 Å². The van der Waals surface area contributed by atoms with Gasteiger partial charge in [-0.1, -0.05) is 24.3 Å². The summed E-state index contributed by atoms with van der Waals surface area (Å²) in [5, 5.41) is 16.2. The zero-order valence-electron chi connectivity index (χ0n) is 17.9. The van der Waals surface area contributed by atoms with Gasteiger partial charge in [-0.2, -0.15) is 0 Å². The molecule has 1 aliphatic carbocycles. The maximum atomic E-state index is 14.6. The largest absolute Gasteiger partial charge is 0.453 e. The van der Waals surface area contributed by atoms with Gasteiger partial charge in [-0.05, 0) is 35.4 Å². The second kappa shape index (κ2) is 8.95. The molecule has 2 amide bonds. The summed E-state index contributed by atoms with van der Waals surface area (Å²) in [6.45, 7) is 0. The zero-order valence-corrected chi connectivity index (χ0v) is 17.9. The summed E-state index contributed by atoms with van der Waals surface area (Å²) >= 11 is 0. The Morgan fingerprint density at radius 3 is 2.82 bits per heavy atom. The van der Waals surface area contributed by atoms with E-state index in [4.69, 9.17) is 4.74 Å². The smallest absolute Gasteiger partial charge is 0.233 e. The highest BCUT2D eigenvalue weighted by Gasteiger charge is 2.32. The van der Waals surface area contributed by atoms with Crippen molar-refractivity contribution in [1.82, 2.24) is 15.3 Å². The molecule has 1 aliphatic rings. The monoisotopic (exact) mass is 460 g/mol. The molecular weight excluding hydrogens is 439 g/mol. The molecule has 2 aromatic carbocycles. The van der Waals surface area contributed by atoms with E-state index in [1.54, 1.807) is 24.5 Å². The van der Waals surface area contributed by atoms with E-state index < -0.39 is 36.2 Å². The third-order valence-electron chi connectivity index (χ3n) is 5.70. The van der Waals surface area contributed by atoms with Crippen LogP contribution in [0.4, 0.5) is 10.1 Å². The molecule has 4 N–H and O–H groups in total. The lowest BCUT2D eigenvalue weighted by molar-refractivity contribution is -0.127. The second-order valence-electron chi connectivity index (χ2n) is 8.04. The quantitative estimate of drug-likeness (QED) is 0.328. The highest BCUT2D eigenvalue weighted by Crippen LogP contribution is 2.32. The van der Waals surface area contributed by atoms with Crippen LogP contribution >= 0.6 is 0 Å². The van der Waals surface area contributed by atoms with E-state index in [0.717, 1.165) is 17.2 Å². The summed E-state index contributed by atoms with van der Waals surface area (Å²) in [7, 11) is 0. The SMILES string of the molecule is O=C(CC(=O)NC1c2ccccc2CC1O)Nc1ccc(Oc2ccnc3[nH]ccc23)c(F)c1. The lowest BCUT2D eigenvalue weighted by Crippen LogP contribution is -2.35. The minimum absolute atomic E-state index is 0.0154. The molecule has 0 saturated carbocycles. The van der Waals surface area contributed by atoms with E-state index >= 15 is 0 Å². The van der Waals surface area contributed by atoms with Gasteiger partial charge < -0.3 is 25.5 Å². The molecule has 8 nitrogen and oxygen atoms in total. The fourth-order valence-corrected chi connectivity index (χ4v) is 4.13. The second-order valence-corrected chi connectivity index (χ2v) is 8.04. The number of ether oxygens (including phenoxy) is 1. The van der Waals surface area contributed by atoms with Crippen molar-refractivity contribution in [3.8, 4) is 11.5 Å². The van der Waals surface area contributed by atoms with Gasteiger partial charge in [-0.3, -0.25) is 9.59 Å². The molecule has 0 aliphatic heterocycles. The van der Waals surface area contributed by atoms with E-state index in [9.17, 15) is 19.1 Å². The van der Waals surface area contributed by atoms with Crippen LogP contribution in [-0.4, -0.2) is 33.0 Å². The van der Waals surface area contributed by atoms with Crippen LogP contribution in [0.1, 0.15) is 23.6 Å². The molecule has 172 valence electrons. The Labute approximate surface area is 193 Å². The molecule has 0 bridgehead atoms. The lowest BCUT2D eigenvalue weighted by Gasteiger charge is -2.18. The van der Waals surface area contributed by atoms with Crippen LogP contribution in [0.15, 0.2) is 67.0 Å². The van der Waals surface area contributed by atoms with Gasteiger partial charge in [0.15, 0.2) is 11.6 Å². The normalized spacial score (nSPS) is 16.8. The van der Waals surface area contributed by atoms with Gasteiger partial charge in [0.05, 0.1) is 17.5 Å². The van der Waals surface area contributed by atoms with Crippen LogP contribution in [0, 0.1) is 5.82 Å². The van der Waals surface area contributed by atoms with Crippen LogP contribution in [-0.2, 0) is 16.0 Å². The van der Waals surface area contributed by atoms with Crippen molar-refractivity contribution < 1.29 is 23.8 Å². The predicted octanol–water partition coefficient (Wildman–Crippen LogP) is 3.60. The first-order valence-electron chi connectivity index (χ1n) is 10.7. The molecule has 9 heteroatoms. The number of halogens is 1. The number of rotatable bonds is 6. The lowest BCUT2D eigenvalue weighted by atomic mass is 10.1. The number of amides is 2. The first-order chi connectivity index (χ1) is 16.5. The molecule has 2 unspecified atom stereocenters. The van der Waals surface area contributed by atoms with Gasteiger partial charge in [-0.15, -0.1) is 0 Å². The summed E-state index contributed by atoms with van der Waals surface area (Å²) in [5.41, 5.74) is 2.61. The molecule has 5 rings (SSSR count). The number of hydrogen-bond donors (Lipinski definition) is 4. The highest BCUT2D eigenvalue weighted by molar-refractivity contribution is 6.03. The van der Waals surface area contributed by atoms with Crippen LogP contribution in [0.2, 0.25) is 0 Å². The Balaban J connectivity index is 1.20. The molecule has 2 atom stereocenters. The fourth-order valence-electron chi connectivity index (χ4n) is 4.13. The van der Waals surface area contributed by atoms with Crippen LogP contribution in [0.25, 0.3) is 11.0 Å². The molecule has 4 aromatic rings. The van der Waals surface area contributed by atoms with Gasteiger partial charge in [0.25, 0.3) is 0 Å². The Kier molecular flexibility index (Phi) is 5.69. The van der Waals surface area contributed by atoms with Crippen molar-refractivity contribution in [2.75, 3.05) is 5.32 Å². The average Bonchev–Trinajstić information content (AvgIpc) is 3.41. The maximum absolute atomic E-state index is 14.6. The number of aliphatic hydroxyl groups is 1. The third-order valence-corrected chi connectivity index (χ3v) is 5.70. The summed E-state index contributed by atoms with van der Waals surface area (Å²) < 4.78 is 20.3. The number of carbonyl (C=O) groups is 2. The zero-order chi connectivity index (χ0) is 23.7. The minimum atomic E-state index is -0.751. The van der Waals surface area contributed by atoms with E-state index in [0.29, 0.717) is 23.2 Å². The number of aromatic amines is 1. The molecular formula is C25H21FN4O4. The number of benzene rings is 2. The number of nitrogens with one attached hydrogen (secondary N) is 3. The molecule has 0 fully saturated rings. The number of H-pyrrole nitrogens is 1. The van der Waals surface area contributed by atoms with Gasteiger partial charge in [0, 0.05) is 30.6 Å². The van der Waals surface area contributed by atoms with Gasteiger partial charge in [0.2, 0.25) is 11.8 Å². The molecule has 0 radical (unpaired) electrons. The summed E-state index contributed by atoms with van der Waals surface area (Å²) in [6.07, 6.45) is 2.49. The first-order valence-corrected chi connectivity index (χ1v) is 10.7. The number of anilines is 1. The molecule has 2 heterocycles. The maximum Gasteiger partial charge on any atom is 0.233 e. The molecule has 0 spiro atoms. The van der Waals surface area contributed by atoms with Crippen molar-refractivity contribution in [3.63, 3.8) is 0 Å². The highest BCUT2D eigenvalue weighted by atomic mass is 19.1. The predicted molar refractivity (Wildman–Crippen MR) is 123 cm³/mol. The van der Waals surface area contributed by atoms with Crippen LogP contribution in [0.3, 0.4) is 0 Å². The fraction of sp³-hybridized carbons (Fsp3) is 0.160. The molecule has 2 aromatic heterocycles. The van der Waals surface area contributed by atoms with Gasteiger partial charge in [0.1, 0.15) is 17.8 Å². The summed E-state index contributed by atoms with van der Waals surface area (Å²) in [6, 6.07) is 14.3. The van der Waals surface area contributed by atoms with Crippen LogP contribution in [0.5, 0.6) is 11.5 Å². The topological polar surface area (TPSA) is 116 Å². The number of hydrogen-bond acceptors (Lipinski definition) is 5. The summed E-state index contributed by atoms with van der Waals surface area (Å²) in [5.74, 6) is -1.39. The number of aliphatic hydroxyl groups excluding tert-OH is 1. The minimum Gasteiger partial charge on any atom is -0.453 e. The van der Waals surface area contributed by atoms with Crippen LogP contribution < -0.4 is 15.4 Å². The van der Waals surface area contributed by atoms with E-state index in [2.05, 4.69) is 20.6 Å². The average molecular weight is 460 g/mol. The van der Waals surface area contributed by atoms with Crippen molar-refractivity contribution >= 4 is 28.5 Å². The Bertz CT molecular complexity index is 1390. The molecule has 0 saturated heterocycles. The van der Waals surface area contributed by atoms with Crippen molar-refractivity contribution in [2.45, 2.75) is 25.0 Å². The third kappa shape index (κ3) is 4.33. The number of pyridine rings is 1. The van der Waals surface area contributed by atoms with Crippen molar-refractivity contribution in [1.29, 1.82) is 0 Å². The summed E-state index contributed by atoms with van der Waals surface area (Å²) in [4.78, 5) is 31.8. The van der Waals surface area contributed by atoms with Crippen molar-refractivity contribution in [3.05, 3.63) is 83.9 Å². The van der Waals surface area contributed by atoms with E-state index in [-0.39, 0.29) is 11.4 Å². The number of carbonyl (C=O) groups excluding carboxylic acids is 2.